The molecule has 1 heterocycles. The van der Waals surface area contributed by atoms with Crippen molar-refractivity contribution in [1.29, 1.82) is 0 Å². The Balaban J connectivity index is 2.48. The molecule has 1 aromatic heterocycles. The predicted molar refractivity (Wildman–Crippen MR) is 73.5 cm³/mol. The highest BCUT2D eigenvalue weighted by molar-refractivity contribution is 5.92. The topological polar surface area (TPSA) is 75.1 Å². The van der Waals surface area contributed by atoms with Gasteiger partial charge >= 0.3 is 11.7 Å². The molecule has 2 aromatic rings. The number of carboxylic acid groups (broad SMARTS) is 1. The van der Waals surface area contributed by atoms with Crippen LogP contribution < -0.4 is 5.69 Å². The van der Waals surface area contributed by atoms with Gasteiger partial charge in [0.15, 0.2) is 0 Å². The number of aromatic carboxylic acids is 1. The second-order valence-electron chi connectivity index (χ2n) is 5.30. The Labute approximate surface area is 110 Å². The van der Waals surface area contributed by atoms with Crippen LogP contribution in [0.5, 0.6) is 0 Å². The van der Waals surface area contributed by atoms with Crippen LogP contribution in [-0.2, 0) is 6.54 Å². The lowest BCUT2D eigenvalue weighted by Gasteiger charge is -2.15. The molecule has 1 atom stereocenters. The molecule has 0 aliphatic carbocycles. The van der Waals surface area contributed by atoms with E-state index < -0.39 is 5.97 Å². The number of hydrogen-bond donors (Lipinski definition) is 2. The molecule has 19 heavy (non-hydrogen) atoms. The predicted octanol–water partition coefficient (Wildman–Crippen LogP) is 2.32. The molecule has 1 aromatic carbocycles. The largest absolute Gasteiger partial charge is 0.478 e. The van der Waals surface area contributed by atoms with Crippen molar-refractivity contribution < 1.29 is 9.90 Å². The second kappa shape index (κ2) is 4.91. The zero-order chi connectivity index (χ0) is 14.2. The van der Waals surface area contributed by atoms with Gasteiger partial charge in [0, 0.05) is 6.54 Å². The van der Waals surface area contributed by atoms with Crippen LogP contribution in [-0.4, -0.2) is 20.6 Å². The van der Waals surface area contributed by atoms with Crippen LogP contribution in [0.2, 0.25) is 0 Å². The highest BCUT2D eigenvalue weighted by Crippen LogP contribution is 2.17. The molecule has 0 spiro atoms. The number of imidazole rings is 1. The van der Waals surface area contributed by atoms with E-state index in [0.29, 0.717) is 23.9 Å². The molecule has 0 fully saturated rings. The number of hydrogen-bond acceptors (Lipinski definition) is 2. The maximum Gasteiger partial charge on any atom is 0.335 e. The van der Waals surface area contributed by atoms with Gasteiger partial charge in [0.25, 0.3) is 0 Å². The lowest BCUT2D eigenvalue weighted by atomic mass is 9.98. The monoisotopic (exact) mass is 262 g/mol. The average Bonchev–Trinajstić information content (AvgIpc) is 2.64. The summed E-state index contributed by atoms with van der Waals surface area (Å²) in [6, 6.07) is 4.70. The first-order chi connectivity index (χ1) is 8.90. The van der Waals surface area contributed by atoms with Crippen molar-refractivity contribution in [2.45, 2.75) is 27.3 Å². The Kier molecular flexibility index (Phi) is 3.46. The van der Waals surface area contributed by atoms with Gasteiger partial charge in [-0.2, -0.15) is 0 Å². The second-order valence-corrected chi connectivity index (χ2v) is 5.30. The molecule has 0 aliphatic heterocycles. The van der Waals surface area contributed by atoms with Gasteiger partial charge in [-0.3, -0.25) is 4.57 Å². The SMILES string of the molecule is CC(C)C(C)Cn1c(=O)[nH]c2cc(C(=O)O)ccc21. The van der Waals surface area contributed by atoms with Crippen molar-refractivity contribution >= 4 is 17.0 Å². The molecule has 5 nitrogen and oxygen atoms in total. The molecule has 0 amide bonds. The van der Waals surface area contributed by atoms with Crippen molar-refractivity contribution in [3.8, 4) is 0 Å². The van der Waals surface area contributed by atoms with E-state index in [4.69, 9.17) is 5.11 Å². The van der Waals surface area contributed by atoms with Gasteiger partial charge in [0.2, 0.25) is 0 Å². The molecule has 1 unspecified atom stereocenters. The zero-order valence-corrected chi connectivity index (χ0v) is 11.3. The first-order valence-electron chi connectivity index (χ1n) is 6.36. The van der Waals surface area contributed by atoms with Crippen LogP contribution in [0.4, 0.5) is 0 Å². The third kappa shape index (κ3) is 2.54. The molecule has 2 rings (SSSR count). The lowest BCUT2D eigenvalue weighted by molar-refractivity contribution is 0.0697. The summed E-state index contributed by atoms with van der Waals surface area (Å²) in [6.07, 6.45) is 0. The summed E-state index contributed by atoms with van der Waals surface area (Å²) in [4.78, 5) is 25.6. The minimum atomic E-state index is -0.994. The van der Waals surface area contributed by atoms with Crippen molar-refractivity contribution in [3.05, 3.63) is 34.2 Å². The van der Waals surface area contributed by atoms with Gasteiger partial charge in [0.1, 0.15) is 0 Å². The van der Waals surface area contributed by atoms with Crippen LogP contribution in [0.25, 0.3) is 11.0 Å². The van der Waals surface area contributed by atoms with Crippen LogP contribution in [0.15, 0.2) is 23.0 Å². The highest BCUT2D eigenvalue weighted by Gasteiger charge is 2.14. The number of fused-ring (bicyclic) bond motifs is 1. The van der Waals surface area contributed by atoms with E-state index in [2.05, 4.69) is 25.8 Å². The summed E-state index contributed by atoms with van der Waals surface area (Å²) >= 11 is 0. The van der Waals surface area contributed by atoms with Crippen LogP contribution >= 0.6 is 0 Å². The highest BCUT2D eigenvalue weighted by atomic mass is 16.4. The summed E-state index contributed by atoms with van der Waals surface area (Å²) < 4.78 is 1.67. The molecule has 2 N–H and O–H groups in total. The quantitative estimate of drug-likeness (QED) is 0.887. The maximum absolute atomic E-state index is 11.9. The molecule has 0 aliphatic rings. The van der Waals surface area contributed by atoms with E-state index >= 15 is 0 Å². The molecule has 5 heteroatoms. The first kappa shape index (κ1) is 13.4. The normalized spacial score (nSPS) is 13.1. The first-order valence-corrected chi connectivity index (χ1v) is 6.36. The number of aromatic amines is 1. The molecular weight excluding hydrogens is 244 g/mol. The summed E-state index contributed by atoms with van der Waals surface area (Å²) in [6.45, 7) is 6.96. The van der Waals surface area contributed by atoms with Crippen molar-refractivity contribution in [3.63, 3.8) is 0 Å². The van der Waals surface area contributed by atoms with Gasteiger partial charge < -0.3 is 10.1 Å². The molecule has 0 radical (unpaired) electrons. The fraction of sp³-hybridized carbons (Fsp3) is 0.429. The van der Waals surface area contributed by atoms with Gasteiger partial charge in [-0.15, -0.1) is 0 Å². The third-order valence-corrected chi connectivity index (χ3v) is 3.63. The van der Waals surface area contributed by atoms with Crippen LogP contribution in [0, 0.1) is 11.8 Å². The maximum atomic E-state index is 11.9. The van der Waals surface area contributed by atoms with Crippen LogP contribution in [0.1, 0.15) is 31.1 Å². The number of nitrogens with one attached hydrogen (secondary N) is 1. The molecular formula is C14H18N2O3. The molecule has 0 saturated heterocycles. The Bertz CT molecular complexity index is 667. The van der Waals surface area contributed by atoms with E-state index in [9.17, 15) is 9.59 Å². The molecule has 102 valence electrons. The third-order valence-electron chi connectivity index (χ3n) is 3.63. The number of aromatic nitrogens is 2. The summed E-state index contributed by atoms with van der Waals surface area (Å²) in [5.74, 6) is -0.142. The van der Waals surface area contributed by atoms with Gasteiger partial charge in [-0.25, -0.2) is 9.59 Å². The summed E-state index contributed by atoms with van der Waals surface area (Å²) in [5.41, 5.74) is 1.31. The Morgan fingerprint density at radius 1 is 1.37 bits per heavy atom. The van der Waals surface area contributed by atoms with Gasteiger partial charge in [0.05, 0.1) is 16.6 Å². The fourth-order valence-electron chi connectivity index (χ4n) is 1.98. The summed E-state index contributed by atoms with van der Waals surface area (Å²) in [5, 5.41) is 8.94. The Morgan fingerprint density at radius 3 is 2.63 bits per heavy atom. The number of nitrogens with zero attached hydrogens (tertiary/aromatic N) is 1. The minimum Gasteiger partial charge on any atom is -0.478 e. The summed E-state index contributed by atoms with van der Waals surface area (Å²) in [7, 11) is 0. The number of benzene rings is 1. The van der Waals surface area contributed by atoms with E-state index in [0.717, 1.165) is 5.52 Å². The van der Waals surface area contributed by atoms with Crippen molar-refractivity contribution in [2.24, 2.45) is 11.8 Å². The van der Waals surface area contributed by atoms with E-state index in [-0.39, 0.29) is 11.3 Å². The van der Waals surface area contributed by atoms with Crippen molar-refractivity contribution in [1.82, 2.24) is 9.55 Å². The van der Waals surface area contributed by atoms with Gasteiger partial charge in [-0.1, -0.05) is 20.8 Å². The van der Waals surface area contributed by atoms with Crippen molar-refractivity contribution in [2.75, 3.05) is 0 Å². The lowest BCUT2D eigenvalue weighted by Crippen LogP contribution is -2.22. The zero-order valence-electron chi connectivity index (χ0n) is 11.3. The number of H-pyrrole nitrogens is 1. The Morgan fingerprint density at radius 2 is 2.05 bits per heavy atom. The Hall–Kier alpha value is -2.04. The van der Waals surface area contributed by atoms with Crippen LogP contribution in [0.3, 0.4) is 0 Å². The smallest absolute Gasteiger partial charge is 0.335 e. The molecule has 0 bridgehead atoms. The molecule has 0 saturated carbocycles. The minimum absolute atomic E-state index is 0.179. The van der Waals surface area contributed by atoms with E-state index in [1.54, 1.807) is 10.6 Å². The average molecular weight is 262 g/mol. The van der Waals surface area contributed by atoms with Gasteiger partial charge in [-0.05, 0) is 30.0 Å². The number of carbonyl (C=O) groups is 1. The fourth-order valence-corrected chi connectivity index (χ4v) is 1.98. The van der Waals surface area contributed by atoms with E-state index in [1.165, 1.54) is 12.1 Å². The standard InChI is InChI=1S/C14H18N2O3/c1-8(2)9(3)7-16-12-5-4-10(13(17)18)6-11(12)15-14(16)19/h4-6,8-9H,7H2,1-3H3,(H,15,19)(H,17,18). The van der Waals surface area contributed by atoms with E-state index in [1.807, 2.05) is 0 Å². The number of rotatable bonds is 4. The number of carboxylic acids is 1.